The lowest BCUT2D eigenvalue weighted by Gasteiger charge is -2.30. The molecule has 0 bridgehead atoms. The van der Waals surface area contributed by atoms with Crippen molar-refractivity contribution in [3.05, 3.63) is 171 Å². The van der Waals surface area contributed by atoms with Crippen LogP contribution in [0.4, 0.5) is 34.1 Å². The maximum Gasteiger partial charge on any atom is 0.116 e. The summed E-state index contributed by atoms with van der Waals surface area (Å²) in [6.07, 6.45) is 13.9. The molecule has 0 aliphatic rings. The molecule has 12 aromatic rings. The monoisotopic (exact) mass is 744 g/mol. The van der Waals surface area contributed by atoms with Gasteiger partial charge in [-0.25, -0.2) is 39.9 Å². The first kappa shape index (κ1) is 32.0. The van der Waals surface area contributed by atoms with Crippen molar-refractivity contribution >= 4 is 110 Å². The Bertz CT molecular complexity index is 3160. The summed E-state index contributed by atoms with van der Waals surface area (Å²) in [7, 11) is 0. The van der Waals surface area contributed by atoms with Gasteiger partial charge in [0.25, 0.3) is 0 Å². The van der Waals surface area contributed by atoms with E-state index in [-0.39, 0.29) is 0 Å². The Morgan fingerprint density at radius 3 is 0.897 bits per heavy atom. The summed E-state index contributed by atoms with van der Waals surface area (Å²) < 4.78 is 0. The minimum Gasteiger partial charge on any atom is -0.308 e. The summed E-state index contributed by atoms with van der Waals surface area (Å²) in [5, 5.41) is 10.5. The maximum absolute atomic E-state index is 4.63. The van der Waals surface area contributed by atoms with Crippen LogP contribution in [0.15, 0.2) is 171 Å². The van der Waals surface area contributed by atoms with Crippen LogP contribution in [0.5, 0.6) is 0 Å². The van der Waals surface area contributed by atoms with E-state index < -0.39 is 0 Å². The van der Waals surface area contributed by atoms with E-state index in [1.54, 1.807) is 25.3 Å². The van der Waals surface area contributed by atoms with Crippen LogP contribution in [0, 0.1) is 0 Å². The predicted molar refractivity (Wildman–Crippen MR) is 232 cm³/mol. The fourth-order valence-electron chi connectivity index (χ4n) is 8.68. The van der Waals surface area contributed by atoms with Crippen molar-refractivity contribution in [3.63, 3.8) is 0 Å². The first-order chi connectivity index (χ1) is 28.8. The zero-order valence-corrected chi connectivity index (χ0v) is 30.6. The van der Waals surface area contributed by atoms with Crippen molar-refractivity contribution in [1.82, 2.24) is 39.9 Å². The topological polar surface area (TPSA) is 110 Å². The molecule has 0 radical (unpaired) electrons. The van der Waals surface area contributed by atoms with Gasteiger partial charge in [0.05, 0.1) is 56.2 Å². The normalized spacial score (nSPS) is 11.8. The molecule has 0 unspecified atom stereocenters. The average Bonchev–Trinajstić information content (AvgIpc) is 3.29. The van der Waals surface area contributed by atoms with Crippen molar-refractivity contribution < 1.29 is 0 Å². The van der Waals surface area contributed by atoms with E-state index in [0.29, 0.717) is 0 Å². The predicted octanol–water partition coefficient (Wildman–Crippen LogP) is 11.3. The highest BCUT2D eigenvalue weighted by Gasteiger charge is 2.25. The van der Waals surface area contributed by atoms with Gasteiger partial charge in [0, 0.05) is 57.1 Å². The lowest BCUT2D eigenvalue weighted by Crippen LogP contribution is -2.13. The highest BCUT2D eigenvalue weighted by molar-refractivity contribution is 6.29. The standard InChI is InChI=1S/C48H28N10/c1-5-37-33(21-49-25-53-37)41(9-1)57(42-10-2-6-38-34(42)22-50-26-54-38)45-19-15-29-14-18-32-46(20-16-30-13-17-31(45)47(29)48(30)32)58(43-11-3-7-39-35(43)23-51-27-55-39)44-12-4-8-40-36(44)24-52-28-56-40/h1-28H. The number of benzene rings is 8. The van der Waals surface area contributed by atoms with Crippen molar-refractivity contribution in [2.24, 2.45) is 0 Å². The molecule has 0 amide bonds. The molecule has 0 aliphatic carbocycles. The number of aromatic nitrogens is 8. The van der Waals surface area contributed by atoms with Gasteiger partial charge >= 0.3 is 0 Å². The number of fused-ring (bicyclic) bond motifs is 4. The largest absolute Gasteiger partial charge is 0.308 e. The molecular weight excluding hydrogens is 717 g/mol. The van der Waals surface area contributed by atoms with E-state index in [1.807, 2.05) is 73.3 Å². The Labute approximate surface area is 330 Å². The van der Waals surface area contributed by atoms with E-state index >= 15 is 0 Å². The molecule has 10 nitrogen and oxygen atoms in total. The van der Waals surface area contributed by atoms with E-state index in [4.69, 9.17) is 0 Å². The van der Waals surface area contributed by atoms with Gasteiger partial charge in [-0.2, -0.15) is 0 Å². The first-order valence-electron chi connectivity index (χ1n) is 18.9. The van der Waals surface area contributed by atoms with Crippen LogP contribution in [0.1, 0.15) is 0 Å². The Morgan fingerprint density at radius 1 is 0.276 bits per heavy atom. The molecular formula is C48H28N10. The molecule has 0 saturated carbocycles. The third-order valence-corrected chi connectivity index (χ3v) is 11.2. The Balaban J connectivity index is 1.17. The summed E-state index contributed by atoms with van der Waals surface area (Å²) in [5.74, 6) is 0. The van der Waals surface area contributed by atoms with Gasteiger partial charge in [0.15, 0.2) is 0 Å². The summed E-state index contributed by atoms with van der Waals surface area (Å²) in [4.78, 5) is 41.0. The van der Waals surface area contributed by atoms with Gasteiger partial charge in [0.2, 0.25) is 0 Å². The number of hydrogen-bond acceptors (Lipinski definition) is 10. The van der Waals surface area contributed by atoms with Crippen LogP contribution in [0.3, 0.4) is 0 Å². The molecule has 10 heteroatoms. The number of nitrogens with zero attached hydrogens (tertiary/aromatic N) is 10. The third-order valence-electron chi connectivity index (χ3n) is 11.2. The quantitative estimate of drug-likeness (QED) is 0.153. The SMILES string of the molecule is c1cc(N(c2cccc3ncncc23)c2ccc3ccc4c(N(c5cccc6ncncc56)c5cccc6ncncc56)ccc5ccc2c3c54)c2cncnc2c1. The number of anilines is 6. The van der Waals surface area contributed by atoms with Crippen molar-refractivity contribution in [2.75, 3.05) is 9.80 Å². The lowest BCUT2D eigenvalue weighted by molar-refractivity contribution is 1.21. The Hall–Kier alpha value is -8.24. The van der Waals surface area contributed by atoms with E-state index in [2.05, 4.69) is 122 Å². The summed E-state index contributed by atoms with van der Waals surface area (Å²) >= 11 is 0. The molecule has 0 aliphatic heterocycles. The van der Waals surface area contributed by atoms with Crippen molar-refractivity contribution in [3.8, 4) is 0 Å². The van der Waals surface area contributed by atoms with Gasteiger partial charge in [0.1, 0.15) is 25.3 Å². The molecule has 58 heavy (non-hydrogen) atoms. The van der Waals surface area contributed by atoms with E-state index in [1.165, 1.54) is 0 Å². The van der Waals surface area contributed by atoms with Gasteiger partial charge in [-0.3, -0.25) is 0 Å². The summed E-state index contributed by atoms with van der Waals surface area (Å²) in [6.45, 7) is 0. The lowest BCUT2D eigenvalue weighted by atomic mass is 9.91. The second kappa shape index (κ2) is 12.7. The van der Waals surface area contributed by atoms with Gasteiger partial charge in [-0.15, -0.1) is 0 Å². The fraction of sp³-hybridized carbons (Fsp3) is 0. The third kappa shape index (κ3) is 4.78. The second-order valence-electron chi connectivity index (χ2n) is 14.2. The van der Waals surface area contributed by atoms with Crippen LogP contribution in [-0.2, 0) is 0 Å². The summed E-state index contributed by atoms with van der Waals surface area (Å²) in [5.41, 5.74) is 9.25. The van der Waals surface area contributed by atoms with Crippen LogP contribution in [0.25, 0.3) is 75.9 Å². The zero-order valence-electron chi connectivity index (χ0n) is 30.6. The zero-order chi connectivity index (χ0) is 38.2. The van der Waals surface area contributed by atoms with Crippen molar-refractivity contribution in [1.29, 1.82) is 0 Å². The number of hydrogen-bond donors (Lipinski definition) is 0. The molecule has 0 saturated heterocycles. The van der Waals surface area contributed by atoms with Crippen LogP contribution >= 0.6 is 0 Å². The maximum atomic E-state index is 4.63. The molecule has 0 atom stereocenters. The van der Waals surface area contributed by atoms with Gasteiger partial charge in [-0.05, 0) is 82.2 Å². The smallest absolute Gasteiger partial charge is 0.116 e. The Morgan fingerprint density at radius 2 is 0.569 bits per heavy atom. The average molecular weight is 745 g/mol. The minimum atomic E-state index is 0.856. The van der Waals surface area contributed by atoms with Crippen molar-refractivity contribution in [2.45, 2.75) is 0 Å². The molecule has 0 N–H and O–H groups in total. The van der Waals surface area contributed by atoms with Gasteiger partial charge in [-0.1, -0.05) is 60.7 Å². The molecule has 4 heterocycles. The highest BCUT2D eigenvalue weighted by atomic mass is 15.2. The first-order valence-corrected chi connectivity index (χ1v) is 18.9. The van der Waals surface area contributed by atoms with E-state index in [0.717, 1.165) is 110 Å². The second-order valence-corrected chi connectivity index (χ2v) is 14.2. The molecule has 4 aromatic heterocycles. The summed E-state index contributed by atoms with van der Waals surface area (Å²) in [6, 6.07) is 42.6. The minimum absolute atomic E-state index is 0.856. The molecule has 8 aromatic carbocycles. The van der Waals surface area contributed by atoms with E-state index in [9.17, 15) is 0 Å². The van der Waals surface area contributed by atoms with Gasteiger partial charge < -0.3 is 9.80 Å². The van der Waals surface area contributed by atoms with Crippen LogP contribution in [-0.4, -0.2) is 39.9 Å². The Kier molecular flexibility index (Phi) is 6.99. The fourth-order valence-corrected chi connectivity index (χ4v) is 8.68. The molecule has 0 fully saturated rings. The molecule has 0 spiro atoms. The molecule has 12 rings (SSSR count). The molecule has 270 valence electrons. The number of rotatable bonds is 6. The highest BCUT2D eigenvalue weighted by Crippen LogP contribution is 2.50. The van der Waals surface area contributed by atoms with Crippen LogP contribution < -0.4 is 9.80 Å². The van der Waals surface area contributed by atoms with Crippen LogP contribution in [0.2, 0.25) is 0 Å².